The number of aromatic nitrogens is 1. The lowest BCUT2D eigenvalue weighted by molar-refractivity contribution is 0.165. The Labute approximate surface area is 117 Å². The number of pyridine rings is 1. The van der Waals surface area contributed by atoms with E-state index in [4.69, 9.17) is 10.5 Å². The van der Waals surface area contributed by atoms with Crippen LogP contribution in [0.4, 0.5) is 0 Å². The van der Waals surface area contributed by atoms with Crippen molar-refractivity contribution in [1.82, 2.24) is 4.98 Å². The Kier molecular flexibility index (Phi) is 7.49. The van der Waals surface area contributed by atoms with Gasteiger partial charge >= 0.3 is 0 Å². The van der Waals surface area contributed by atoms with Gasteiger partial charge in [-0.05, 0) is 25.8 Å². The molecule has 1 rings (SSSR count). The summed E-state index contributed by atoms with van der Waals surface area (Å²) in [6.45, 7) is 6.90. The van der Waals surface area contributed by atoms with Gasteiger partial charge in [-0.1, -0.05) is 45.6 Å². The Bertz CT molecular complexity index is 358. The number of hydrogen-bond donors (Lipinski definition) is 1. The van der Waals surface area contributed by atoms with E-state index in [2.05, 4.69) is 18.8 Å². The summed E-state index contributed by atoms with van der Waals surface area (Å²) >= 11 is 0. The maximum Gasteiger partial charge on any atom is 0.218 e. The van der Waals surface area contributed by atoms with Crippen LogP contribution < -0.4 is 10.5 Å². The van der Waals surface area contributed by atoms with Crippen LogP contribution >= 0.6 is 0 Å². The van der Waals surface area contributed by atoms with Crippen LogP contribution in [-0.4, -0.2) is 11.1 Å². The molecule has 1 heterocycles. The van der Waals surface area contributed by atoms with E-state index in [0.29, 0.717) is 6.54 Å². The van der Waals surface area contributed by atoms with E-state index in [1.807, 2.05) is 19.1 Å². The summed E-state index contributed by atoms with van der Waals surface area (Å²) < 4.78 is 6.13. The molecule has 3 nitrogen and oxygen atoms in total. The molecule has 0 amide bonds. The average molecular weight is 264 g/mol. The molecule has 0 radical (unpaired) electrons. The lowest BCUT2D eigenvalue weighted by atomic mass is 10.1. The van der Waals surface area contributed by atoms with Crippen molar-refractivity contribution in [2.45, 2.75) is 71.9 Å². The van der Waals surface area contributed by atoms with Gasteiger partial charge in [-0.15, -0.1) is 0 Å². The monoisotopic (exact) mass is 264 g/mol. The minimum absolute atomic E-state index is 0.277. The third-order valence-corrected chi connectivity index (χ3v) is 3.34. The second-order valence-electron chi connectivity index (χ2n) is 5.15. The quantitative estimate of drug-likeness (QED) is 0.734. The Morgan fingerprint density at radius 1 is 1.16 bits per heavy atom. The summed E-state index contributed by atoms with van der Waals surface area (Å²) in [5.74, 6) is 0.736. The van der Waals surface area contributed by atoms with Crippen LogP contribution in [0.25, 0.3) is 0 Å². The van der Waals surface area contributed by atoms with Crippen LogP contribution in [0.15, 0.2) is 12.1 Å². The first-order valence-electron chi connectivity index (χ1n) is 7.54. The molecule has 0 fully saturated rings. The van der Waals surface area contributed by atoms with E-state index in [1.165, 1.54) is 25.7 Å². The number of aryl methyl sites for hydroxylation is 1. The summed E-state index contributed by atoms with van der Waals surface area (Å²) in [5.41, 5.74) is 7.74. The van der Waals surface area contributed by atoms with E-state index < -0.39 is 0 Å². The van der Waals surface area contributed by atoms with Crippen molar-refractivity contribution in [2.24, 2.45) is 5.73 Å². The Morgan fingerprint density at radius 2 is 1.79 bits per heavy atom. The highest BCUT2D eigenvalue weighted by Crippen LogP contribution is 2.21. The van der Waals surface area contributed by atoms with Crippen LogP contribution in [0.3, 0.4) is 0 Å². The molecule has 0 saturated carbocycles. The summed E-state index contributed by atoms with van der Waals surface area (Å²) in [5, 5.41) is 0. The number of rotatable bonds is 9. The third kappa shape index (κ3) is 5.60. The van der Waals surface area contributed by atoms with Crippen molar-refractivity contribution in [3.05, 3.63) is 23.4 Å². The largest absolute Gasteiger partial charge is 0.474 e. The zero-order valence-corrected chi connectivity index (χ0v) is 12.6. The number of unbranched alkanes of at least 4 members (excludes halogenated alkanes) is 2. The molecule has 0 aliphatic carbocycles. The van der Waals surface area contributed by atoms with Gasteiger partial charge in [0.2, 0.25) is 5.88 Å². The summed E-state index contributed by atoms with van der Waals surface area (Å²) in [7, 11) is 0. The molecule has 1 aromatic heterocycles. The average Bonchev–Trinajstić information content (AvgIpc) is 2.42. The molecule has 108 valence electrons. The van der Waals surface area contributed by atoms with Gasteiger partial charge in [0.1, 0.15) is 6.10 Å². The minimum Gasteiger partial charge on any atom is -0.474 e. The molecular formula is C16H28N2O. The van der Waals surface area contributed by atoms with Gasteiger partial charge in [-0.3, -0.25) is 0 Å². The molecule has 19 heavy (non-hydrogen) atoms. The molecule has 3 heteroatoms. The first kappa shape index (κ1) is 16.0. The summed E-state index contributed by atoms with van der Waals surface area (Å²) in [6.07, 6.45) is 7.32. The van der Waals surface area contributed by atoms with E-state index in [1.54, 1.807) is 0 Å². The molecule has 0 bridgehead atoms. The molecular weight excluding hydrogens is 236 g/mol. The fraction of sp³-hybridized carbons (Fsp3) is 0.688. The zero-order chi connectivity index (χ0) is 14.1. The molecule has 0 aromatic carbocycles. The van der Waals surface area contributed by atoms with Gasteiger partial charge in [0.15, 0.2) is 0 Å². The number of hydrogen-bond acceptors (Lipinski definition) is 3. The predicted molar refractivity (Wildman–Crippen MR) is 80.3 cm³/mol. The molecule has 0 unspecified atom stereocenters. The fourth-order valence-electron chi connectivity index (χ4n) is 2.10. The Hall–Kier alpha value is -1.09. The molecule has 0 atom stereocenters. The molecule has 0 spiro atoms. The SMILES string of the molecule is CCCCC(CCCC)Oc1nc(C)ccc1CN. The van der Waals surface area contributed by atoms with Gasteiger partial charge in [0.25, 0.3) is 0 Å². The maximum absolute atomic E-state index is 6.13. The lowest BCUT2D eigenvalue weighted by Gasteiger charge is -2.20. The van der Waals surface area contributed by atoms with Gasteiger partial charge in [0.05, 0.1) is 0 Å². The molecule has 2 N–H and O–H groups in total. The van der Waals surface area contributed by atoms with Crippen LogP contribution in [-0.2, 0) is 6.54 Å². The minimum atomic E-state index is 0.277. The predicted octanol–water partition coefficient (Wildman–Crippen LogP) is 3.98. The molecule has 0 saturated heterocycles. The fourth-order valence-corrected chi connectivity index (χ4v) is 2.10. The smallest absolute Gasteiger partial charge is 0.218 e. The first-order valence-corrected chi connectivity index (χ1v) is 7.54. The number of nitrogens with two attached hydrogens (primary N) is 1. The van der Waals surface area contributed by atoms with Gasteiger partial charge in [-0.25, -0.2) is 4.98 Å². The van der Waals surface area contributed by atoms with Crippen molar-refractivity contribution in [2.75, 3.05) is 0 Å². The highest BCUT2D eigenvalue weighted by molar-refractivity contribution is 5.28. The molecule has 0 aliphatic rings. The van der Waals surface area contributed by atoms with Crippen molar-refractivity contribution in [3.63, 3.8) is 0 Å². The summed E-state index contributed by atoms with van der Waals surface area (Å²) in [6, 6.07) is 4.01. The van der Waals surface area contributed by atoms with E-state index in [0.717, 1.165) is 30.0 Å². The zero-order valence-electron chi connectivity index (χ0n) is 12.6. The highest BCUT2D eigenvalue weighted by Gasteiger charge is 2.13. The standard InChI is InChI=1S/C16H28N2O/c1-4-6-8-15(9-7-5-2)19-16-14(12-17)11-10-13(3)18-16/h10-11,15H,4-9,12,17H2,1-3H3. The van der Waals surface area contributed by atoms with Crippen LogP contribution in [0.2, 0.25) is 0 Å². The molecule has 0 aliphatic heterocycles. The van der Waals surface area contributed by atoms with Gasteiger partial charge < -0.3 is 10.5 Å². The van der Waals surface area contributed by atoms with E-state index >= 15 is 0 Å². The van der Waals surface area contributed by atoms with E-state index in [9.17, 15) is 0 Å². The van der Waals surface area contributed by atoms with Crippen molar-refractivity contribution in [1.29, 1.82) is 0 Å². The number of ether oxygens (including phenoxy) is 1. The van der Waals surface area contributed by atoms with Crippen molar-refractivity contribution < 1.29 is 4.74 Å². The second-order valence-corrected chi connectivity index (χ2v) is 5.15. The summed E-state index contributed by atoms with van der Waals surface area (Å²) in [4.78, 5) is 4.50. The lowest BCUT2D eigenvalue weighted by Crippen LogP contribution is -2.19. The second kappa shape index (κ2) is 8.92. The van der Waals surface area contributed by atoms with Crippen molar-refractivity contribution in [3.8, 4) is 5.88 Å². The topological polar surface area (TPSA) is 48.1 Å². The normalized spacial score (nSPS) is 11.0. The number of nitrogens with zero attached hydrogens (tertiary/aromatic N) is 1. The van der Waals surface area contributed by atoms with Crippen molar-refractivity contribution >= 4 is 0 Å². The maximum atomic E-state index is 6.13. The third-order valence-electron chi connectivity index (χ3n) is 3.34. The highest BCUT2D eigenvalue weighted by atomic mass is 16.5. The van der Waals surface area contributed by atoms with Crippen LogP contribution in [0.1, 0.15) is 63.6 Å². The van der Waals surface area contributed by atoms with Gasteiger partial charge in [0, 0.05) is 17.8 Å². The van der Waals surface area contributed by atoms with Crippen LogP contribution in [0, 0.1) is 6.92 Å². The van der Waals surface area contributed by atoms with Crippen LogP contribution in [0.5, 0.6) is 5.88 Å². The Morgan fingerprint density at radius 3 is 2.32 bits per heavy atom. The first-order chi connectivity index (χ1) is 9.21. The Balaban J connectivity index is 2.72. The van der Waals surface area contributed by atoms with E-state index in [-0.39, 0.29) is 6.10 Å². The molecule has 1 aromatic rings. The van der Waals surface area contributed by atoms with Gasteiger partial charge in [-0.2, -0.15) is 0 Å².